The summed E-state index contributed by atoms with van der Waals surface area (Å²) in [6.45, 7) is 5.85. The van der Waals surface area contributed by atoms with Crippen molar-refractivity contribution >= 4 is 5.97 Å². The van der Waals surface area contributed by atoms with E-state index in [-0.39, 0.29) is 0 Å². The van der Waals surface area contributed by atoms with Crippen LogP contribution < -0.4 is 0 Å². The van der Waals surface area contributed by atoms with Gasteiger partial charge in [-0.3, -0.25) is 0 Å². The molecule has 0 atom stereocenters. The molecule has 2 heteroatoms. The molecular formula is C14H26O2. The van der Waals surface area contributed by atoms with E-state index in [9.17, 15) is 4.79 Å². The van der Waals surface area contributed by atoms with Gasteiger partial charge in [0, 0.05) is 5.57 Å². The Morgan fingerprint density at radius 2 is 1.44 bits per heavy atom. The van der Waals surface area contributed by atoms with Gasteiger partial charge in [-0.1, -0.05) is 51.0 Å². The van der Waals surface area contributed by atoms with Crippen LogP contribution in [0, 0.1) is 0 Å². The van der Waals surface area contributed by atoms with E-state index in [0.717, 1.165) is 18.4 Å². The molecule has 0 unspecified atom stereocenters. The predicted molar refractivity (Wildman–Crippen MR) is 68.6 cm³/mol. The molecule has 0 aliphatic rings. The number of unbranched alkanes of at least 4 members (excludes halogenated alkanes) is 6. The fourth-order valence-electron chi connectivity index (χ4n) is 1.72. The first kappa shape index (κ1) is 15.2. The van der Waals surface area contributed by atoms with Gasteiger partial charge in [-0.25, -0.2) is 4.79 Å². The molecule has 2 nitrogen and oxygen atoms in total. The first-order valence-corrected chi connectivity index (χ1v) is 6.49. The third-order valence-corrected chi connectivity index (χ3v) is 3.12. The van der Waals surface area contributed by atoms with Crippen molar-refractivity contribution in [2.75, 3.05) is 0 Å². The minimum atomic E-state index is -0.777. The summed E-state index contributed by atoms with van der Waals surface area (Å²) in [5.41, 5.74) is 1.55. The lowest BCUT2D eigenvalue weighted by Gasteiger charge is -2.04. The van der Waals surface area contributed by atoms with Crippen LogP contribution in [-0.4, -0.2) is 11.1 Å². The molecule has 94 valence electrons. The average Bonchev–Trinajstić information content (AvgIpc) is 2.26. The highest BCUT2D eigenvalue weighted by Crippen LogP contribution is 2.14. The molecule has 0 aliphatic carbocycles. The molecular weight excluding hydrogens is 200 g/mol. The van der Waals surface area contributed by atoms with Crippen LogP contribution in [0.1, 0.15) is 72.1 Å². The van der Waals surface area contributed by atoms with Crippen molar-refractivity contribution in [3.05, 3.63) is 11.1 Å². The highest BCUT2D eigenvalue weighted by Gasteiger charge is 2.04. The number of allylic oxidation sites excluding steroid dienone is 1. The van der Waals surface area contributed by atoms with Crippen molar-refractivity contribution in [2.45, 2.75) is 72.1 Å². The van der Waals surface area contributed by atoms with Crippen LogP contribution in [0.15, 0.2) is 11.1 Å². The SMILES string of the molecule is CCCCCCCCC/C(C)=C(\C)C(=O)O. The minimum absolute atomic E-state index is 0.519. The van der Waals surface area contributed by atoms with E-state index in [0.29, 0.717) is 5.57 Å². The fraction of sp³-hybridized carbons (Fsp3) is 0.786. The summed E-state index contributed by atoms with van der Waals surface area (Å²) in [6, 6.07) is 0. The van der Waals surface area contributed by atoms with Gasteiger partial charge in [0.1, 0.15) is 0 Å². The van der Waals surface area contributed by atoms with Crippen molar-refractivity contribution in [3.8, 4) is 0 Å². The quantitative estimate of drug-likeness (QED) is 0.462. The Bertz CT molecular complexity index is 229. The van der Waals surface area contributed by atoms with E-state index < -0.39 is 5.97 Å². The van der Waals surface area contributed by atoms with Crippen molar-refractivity contribution < 1.29 is 9.90 Å². The van der Waals surface area contributed by atoms with E-state index in [2.05, 4.69) is 6.92 Å². The van der Waals surface area contributed by atoms with E-state index in [1.54, 1.807) is 6.92 Å². The second kappa shape index (κ2) is 9.44. The van der Waals surface area contributed by atoms with Gasteiger partial charge in [-0.2, -0.15) is 0 Å². The lowest BCUT2D eigenvalue weighted by Crippen LogP contribution is -1.99. The van der Waals surface area contributed by atoms with Crippen molar-refractivity contribution in [1.82, 2.24) is 0 Å². The van der Waals surface area contributed by atoms with Crippen LogP contribution in [0.25, 0.3) is 0 Å². The molecule has 0 aromatic carbocycles. The number of hydrogen-bond acceptors (Lipinski definition) is 1. The van der Waals surface area contributed by atoms with Gasteiger partial charge in [0.25, 0.3) is 0 Å². The van der Waals surface area contributed by atoms with Crippen LogP contribution in [-0.2, 0) is 4.79 Å². The zero-order valence-electron chi connectivity index (χ0n) is 11.0. The largest absolute Gasteiger partial charge is 0.478 e. The van der Waals surface area contributed by atoms with Crippen LogP contribution >= 0.6 is 0 Å². The molecule has 0 amide bonds. The van der Waals surface area contributed by atoms with Gasteiger partial charge in [-0.05, 0) is 26.7 Å². The fourth-order valence-corrected chi connectivity index (χ4v) is 1.72. The second-order valence-corrected chi connectivity index (χ2v) is 4.58. The highest BCUT2D eigenvalue weighted by atomic mass is 16.4. The van der Waals surface area contributed by atoms with Crippen LogP contribution in [0.3, 0.4) is 0 Å². The Morgan fingerprint density at radius 3 is 1.94 bits per heavy atom. The maximum Gasteiger partial charge on any atom is 0.331 e. The third-order valence-electron chi connectivity index (χ3n) is 3.12. The average molecular weight is 226 g/mol. The third kappa shape index (κ3) is 7.49. The maximum absolute atomic E-state index is 10.7. The standard InChI is InChI=1S/C14H26O2/c1-4-5-6-7-8-9-10-11-12(2)13(3)14(15)16/h4-11H2,1-3H3,(H,15,16)/b13-12+. The molecule has 1 N–H and O–H groups in total. The number of carboxylic acid groups (broad SMARTS) is 1. The summed E-state index contributed by atoms with van der Waals surface area (Å²) >= 11 is 0. The van der Waals surface area contributed by atoms with Crippen molar-refractivity contribution in [1.29, 1.82) is 0 Å². The highest BCUT2D eigenvalue weighted by molar-refractivity contribution is 5.86. The molecule has 0 spiro atoms. The molecule has 0 saturated heterocycles. The maximum atomic E-state index is 10.7. The lowest BCUT2D eigenvalue weighted by molar-refractivity contribution is -0.132. The molecule has 0 aromatic heterocycles. The van der Waals surface area contributed by atoms with E-state index in [1.165, 1.54) is 38.5 Å². The Labute approximate surface area is 99.7 Å². The van der Waals surface area contributed by atoms with Crippen molar-refractivity contribution in [2.24, 2.45) is 0 Å². The number of aliphatic carboxylic acids is 1. The predicted octanol–water partition coefficient (Wildman–Crippen LogP) is 4.55. The Kier molecular flexibility index (Phi) is 8.97. The number of rotatable bonds is 9. The molecule has 0 heterocycles. The Morgan fingerprint density at radius 1 is 0.938 bits per heavy atom. The Balaban J connectivity index is 3.52. The van der Waals surface area contributed by atoms with E-state index >= 15 is 0 Å². The number of hydrogen-bond donors (Lipinski definition) is 1. The van der Waals surface area contributed by atoms with Crippen LogP contribution in [0.2, 0.25) is 0 Å². The molecule has 0 radical (unpaired) electrons. The monoisotopic (exact) mass is 226 g/mol. The van der Waals surface area contributed by atoms with Gasteiger partial charge in [-0.15, -0.1) is 0 Å². The topological polar surface area (TPSA) is 37.3 Å². The first-order chi connectivity index (χ1) is 7.59. The van der Waals surface area contributed by atoms with E-state index in [4.69, 9.17) is 5.11 Å². The normalized spacial score (nSPS) is 12.4. The minimum Gasteiger partial charge on any atom is -0.478 e. The molecule has 0 bridgehead atoms. The van der Waals surface area contributed by atoms with Crippen LogP contribution in [0.5, 0.6) is 0 Å². The number of carboxylic acids is 1. The molecule has 0 saturated carbocycles. The summed E-state index contributed by atoms with van der Waals surface area (Å²) in [5, 5.41) is 8.79. The molecule has 0 fully saturated rings. The molecule has 0 aromatic rings. The summed E-state index contributed by atoms with van der Waals surface area (Å²) in [6.07, 6.45) is 9.90. The molecule has 0 aliphatic heterocycles. The summed E-state index contributed by atoms with van der Waals surface area (Å²) < 4.78 is 0. The summed E-state index contributed by atoms with van der Waals surface area (Å²) in [4.78, 5) is 10.7. The van der Waals surface area contributed by atoms with Crippen LogP contribution in [0.4, 0.5) is 0 Å². The van der Waals surface area contributed by atoms with E-state index in [1.807, 2.05) is 6.92 Å². The zero-order valence-corrected chi connectivity index (χ0v) is 11.0. The van der Waals surface area contributed by atoms with Gasteiger partial charge >= 0.3 is 5.97 Å². The first-order valence-electron chi connectivity index (χ1n) is 6.49. The van der Waals surface area contributed by atoms with Gasteiger partial charge < -0.3 is 5.11 Å². The second-order valence-electron chi connectivity index (χ2n) is 4.58. The van der Waals surface area contributed by atoms with Gasteiger partial charge in [0.05, 0.1) is 0 Å². The zero-order chi connectivity index (χ0) is 12.4. The molecule has 0 rings (SSSR count). The smallest absolute Gasteiger partial charge is 0.331 e. The van der Waals surface area contributed by atoms with Crippen molar-refractivity contribution in [3.63, 3.8) is 0 Å². The lowest BCUT2D eigenvalue weighted by atomic mass is 10.0. The summed E-state index contributed by atoms with van der Waals surface area (Å²) in [5.74, 6) is -0.777. The summed E-state index contributed by atoms with van der Waals surface area (Å²) in [7, 11) is 0. The molecule has 16 heavy (non-hydrogen) atoms. The number of carbonyl (C=O) groups is 1. The Hall–Kier alpha value is -0.790. The van der Waals surface area contributed by atoms with Gasteiger partial charge in [0.15, 0.2) is 0 Å². The van der Waals surface area contributed by atoms with Gasteiger partial charge in [0.2, 0.25) is 0 Å².